The number of carbonyl (C=O) groups is 20. The largest absolute Gasteiger partial charge is 0.481 e. The van der Waals surface area contributed by atoms with E-state index >= 15 is 0 Å². The van der Waals surface area contributed by atoms with E-state index in [-0.39, 0.29) is 127 Å². The van der Waals surface area contributed by atoms with Crippen molar-refractivity contribution >= 4 is 136 Å². The van der Waals surface area contributed by atoms with Gasteiger partial charge in [0.05, 0.1) is 19.5 Å². The topological polar surface area (TPSA) is 792 Å². The standard InChI is InChI=1S/C89H148N26O23S/c1-46(2)38-61(110-85(135)67-27-21-36-115(67)88(138)64(101-52(11)118)40-53-22-14-13-15-23-53)80(130)100-51(10)73(123)113-70(48(5)6)86(136)107-58(28-30-68(92)119)79(129)108-62(39-47(3)4)81(131)109-63(41-54-42-96-45-98-54)82(132)114-71(49(7)8)87(137)112-66(44-117)84(134)104-55(24-16-18-33-90)75(125)102-57(26-20-35-97-89(94)95)77(127)111-65(43-116)83(133)103-56(25-17-19-34-91)76(126)105-59(29-31-69(120)121)78(128)106-60(32-37-139-12)74(124)99-50(9)72(93)122/h13-15,22-23,42,45-51,55-67,70-71,116-117H,16-21,24-41,43-44,90-91H2,1-12H3,(H2,92,119)(H2,93,122)(H,96,98)(H,99,124)(H,100,130)(H,101,118)(H,102,125)(H,103,133)(H,104,134)(H,105,126)(H,106,128)(H,107,136)(H,108,129)(H,109,131)(H,110,135)(H,111,127)(H,112,137)(H,113,123)(H,114,132)(H,120,121)(H4,94,95,97)/t50-,51-,55-,56-,57-,58-,59-,60-,61-,62-,63-,64-,65-,66-,67-,70-,71-/m0/s1. The average molecular weight is 1980 g/mol. The van der Waals surface area contributed by atoms with Gasteiger partial charge < -0.3 is 144 Å². The third-order valence-corrected chi connectivity index (χ3v) is 23.0. The predicted molar refractivity (Wildman–Crippen MR) is 510 cm³/mol. The van der Waals surface area contributed by atoms with E-state index in [1.54, 1.807) is 78.1 Å². The van der Waals surface area contributed by atoms with E-state index in [4.69, 9.17) is 34.1 Å². The minimum absolute atomic E-state index is 0.0149. The molecule has 49 nitrogen and oxygen atoms in total. The molecule has 0 unspecified atom stereocenters. The van der Waals surface area contributed by atoms with Gasteiger partial charge in [-0.15, -0.1) is 0 Å². The van der Waals surface area contributed by atoms with Crippen molar-refractivity contribution in [2.24, 2.45) is 52.3 Å². The number of aromatic amines is 1. The first-order valence-electron chi connectivity index (χ1n) is 46.7. The van der Waals surface area contributed by atoms with E-state index in [1.807, 2.05) is 0 Å². The lowest BCUT2D eigenvalue weighted by Gasteiger charge is -2.30. The fourth-order valence-electron chi connectivity index (χ4n) is 14.7. The van der Waals surface area contributed by atoms with Gasteiger partial charge in [-0.2, -0.15) is 11.8 Å². The SMILES string of the molecule is CSCC[C@H](NC(=O)[C@H](CCC(=O)O)NC(=O)[C@H](CCCCN)NC(=O)[C@H](CO)NC(=O)[C@H](CCCNC(=N)N)NC(=O)[C@H](CCCCN)NC(=O)[C@H](CO)NC(=O)[C@@H](NC(=O)[C@H](Cc1cnc[nH]1)NC(=O)[C@H](CC(C)C)NC(=O)[C@H](CCC(N)=O)NC(=O)[C@@H](NC(=O)[C@H](C)NC(=O)[C@H](CC(C)C)NC(=O)[C@@H]1CCCN1C(=O)[C@H](Cc1ccccc1)NC(C)=O)C(C)C)C(C)C)C(=O)N[C@@H](C)C(N)=O. The number of likely N-dealkylation sites (tertiary alicyclic amines) is 1. The summed E-state index contributed by atoms with van der Waals surface area (Å²) in [6, 6.07) is -16.1. The molecule has 0 aliphatic carbocycles. The molecule has 778 valence electrons. The number of aromatic nitrogens is 2. The summed E-state index contributed by atoms with van der Waals surface area (Å²) in [5.41, 5.74) is 29.0. The van der Waals surface area contributed by atoms with Gasteiger partial charge in [-0.25, -0.2) is 4.98 Å². The minimum atomic E-state index is -1.90. The van der Waals surface area contributed by atoms with Crippen molar-refractivity contribution in [2.75, 3.05) is 51.4 Å². The van der Waals surface area contributed by atoms with Crippen molar-refractivity contribution in [3.8, 4) is 0 Å². The Hall–Kier alpha value is -12.7. The number of guanidine groups is 1. The van der Waals surface area contributed by atoms with Gasteiger partial charge in [0.2, 0.25) is 112 Å². The summed E-state index contributed by atoms with van der Waals surface area (Å²) >= 11 is 1.31. The summed E-state index contributed by atoms with van der Waals surface area (Å²) in [7, 11) is 0. The molecule has 1 fully saturated rings. The number of rotatable bonds is 66. The molecule has 17 atom stereocenters. The van der Waals surface area contributed by atoms with Crippen LogP contribution in [0.4, 0.5) is 0 Å². The number of amides is 19. The van der Waals surface area contributed by atoms with Gasteiger partial charge >= 0.3 is 5.97 Å². The van der Waals surface area contributed by atoms with Crippen molar-refractivity contribution in [1.29, 1.82) is 5.41 Å². The summed E-state index contributed by atoms with van der Waals surface area (Å²) in [5, 5.41) is 81.9. The van der Waals surface area contributed by atoms with Crippen LogP contribution in [0.25, 0.3) is 0 Å². The average Bonchev–Trinajstić information content (AvgIpc) is 1.69. The summed E-state index contributed by atoms with van der Waals surface area (Å²) in [6.07, 6.45) is 2.88. The summed E-state index contributed by atoms with van der Waals surface area (Å²) in [5.74, 6) is -21.1. The second kappa shape index (κ2) is 63.0. The Kier molecular flexibility index (Phi) is 54.6. The second-order valence-corrected chi connectivity index (χ2v) is 36.8. The van der Waals surface area contributed by atoms with Crippen LogP contribution in [-0.4, -0.2) is 308 Å². The highest BCUT2D eigenvalue weighted by molar-refractivity contribution is 7.98. The number of unbranched alkanes of at least 4 members (excludes halogenated alkanes) is 2. The molecular weight excluding hydrogens is 1830 g/mol. The smallest absolute Gasteiger partial charge is 0.303 e. The van der Waals surface area contributed by atoms with Gasteiger partial charge in [0, 0.05) is 57.6 Å². The molecular formula is C89H148N26O23S. The first-order chi connectivity index (χ1) is 65.6. The second-order valence-electron chi connectivity index (χ2n) is 35.8. The number of hydrogen-bond donors (Lipinski definition) is 27. The Morgan fingerprint density at radius 1 is 0.460 bits per heavy atom. The third kappa shape index (κ3) is 44.3. The minimum Gasteiger partial charge on any atom is -0.481 e. The lowest BCUT2D eigenvalue weighted by atomic mass is 9.99. The molecule has 1 aliphatic heterocycles. The fourth-order valence-corrected chi connectivity index (χ4v) is 15.1. The highest BCUT2D eigenvalue weighted by Gasteiger charge is 2.43. The van der Waals surface area contributed by atoms with Crippen LogP contribution in [0.5, 0.6) is 0 Å². The number of primary amides is 2. The summed E-state index contributed by atoms with van der Waals surface area (Å²) < 4.78 is 0. The van der Waals surface area contributed by atoms with Crippen LogP contribution in [0, 0.1) is 29.1 Å². The molecule has 0 spiro atoms. The summed E-state index contributed by atoms with van der Waals surface area (Å²) in [4.78, 5) is 285. The number of aliphatic carboxylic acids is 1. The molecule has 1 saturated heterocycles. The number of imidazole rings is 1. The number of thioether (sulfide) groups is 1. The highest BCUT2D eigenvalue weighted by Crippen LogP contribution is 2.22. The molecule has 139 heavy (non-hydrogen) atoms. The Morgan fingerprint density at radius 3 is 1.30 bits per heavy atom. The molecule has 19 amide bonds. The maximum absolute atomic E-state index is 14.8. The number of aliphatic hydroxyl groups excluding tert-OH is 2. The zero-order chi connectivity index (χ0) is 104. The quantitative estimate of drug-likeness (QED) is 0.0166. The molecule has 0 bridgehead atoms. The molecule has 3 rings (SSSR count). The number of carboxylic acids is 1. The van der Waals surface area contributed by atoms with Gasteiger partial charge in [0.25, 0.3) is 0 Å². The third-order valence-electron chi connectivity index (χ3n) is 22.4. The molecule has 1 aliphatic rings. The van der Waals surface area contributed by atoms with Crippen LogP contribution in [0.3, 0.4) is 0 Å². The number of aliphatic hydroxyl groups is 2. The number of nitrogens with zero attached hydrogens (tertiary/aromatic N) is 2. The maximum atomic E-state index is 14.8. The molecule has 50 heteroatoms. The number of hydrogen-bond acceptors (Lipinski definition) is 27. The Labute approximate surface area is 812 Å². The van der Waals surface area contributed by atoms with Crippen LogP contribution in [-0.2, 0) is 109 Å². The number of carboxylic acid groups (broad SMARTS) is 1. The molecule has 1 aromatic heterocycles. The highest BCUT2D eigenvalue weighted by atomic mass is 32.2. The van der Waals surface area contributed by atoms with E-state index in [9.17, 15) is 111 Å². The zero-order valence-electron chi connectivity index (χ0n) is 81.2. The fraction of sp³-hybridized carbons (Fsp3) is 0.663. The van der Waals surface area contributed by atoms with Gasteiger partial charge in [-0.3, -0.25) is 101 Å². The van der Waals surface area contributed by atoms with Crippen LogP contribution >= 0.6 is 11.8 Å². The number of nitrogens with one attached hydrogen (secondary N) is 19. The Morgan fingerprint density at radius 2 is 0.863 bits per heavy atom. The molecule has 1 aromatic carbocycles. The first-order valence-corrected chi connectivity index (χ1v) is 48.1. The van der Waals surface area contributed by atoms with Gasteiger partial charge in [-0.1, -0.05) is 85.7 Å². The van der Waals surface area contributed by atoms with Crippen molar-refractivity contribution < 1.29 is 111 Å². The van der Waals surface area contributed by atoms with E-state index < -0.39 is 278 Å². The Balaban J connectivity index is 1.90. The molecule has 2 heterocycles. The number of nitrogens with two attached hydrogens (primary N) is 5. The summed E-state index contributed by atoms with van der Waals surface area (Å²) in [6.45, 7) is 15.2. The molecule has 2 aromatic rings. The lowest BCUT2D eigenvalue weighted by molar-refractivity contribution is -0.142. The Bertz CT molecular complexity index is 4420. The van der Waals surface area contributed by atoms with Gasteiger partial charge in [0.15, 0.2) is 5.96 Å². The first kappa shape index (κ1) is 120. The van der Waals surface area contributed by atoms with Crippen molar-refractivity contribution in [3.63, 3.8) is 0 Å². The van der Waals surface area contributed by atoms with Crippen molar-refractivity contribution in [1.82, 2.24) is 105 Å². The molecule has 0 radical (unpaired) electrons. The van der Waals surface area contributed by atoms with E-state index in [0.29, 0.717) is 18.6 Å². The monoisotopic (exact) mass is 1980 g/mol. The molecule has 32 N–H and O–H groups in total. The number of carbonyl (C=O) groups excluding carboxylic acids is 19. The van der Waals surface area contributed by atoms with E-state index in [2.05, 4.69) is 100 Å². The normalized spacial score (nSPS) is 15.8. The van der Waals surface area contributed by atoms with Crippen LogP contribution in [0.2, 0.25) is 0 Å². The van der Waals surface area contributed by atoms with Crippen LogP contribution < -0.4 is 119 Å². The molecule has 0 saturated carbocycles. The maximum Gasteiger partial charge on any atom is 0.303 e. The predicted octanol–water partition coefficient (Wildman–Crippen LogP) is -6.72. The van der Waals surface area contributed by atoms with Crippen LogP contribution in [0.1, 0.15) is 197 Å². The zero-order valence-corrected chi connectivity index (χ0v) is 82.1. The van der Waals surface area contributed by atoms with Gasteiger partial charge in [-0.05, 0) is 164 Å². The van der Waals surface area contributed by atoms with E-state index in [1.165, 1.54) is 63.8 Å². The number of H-pyrrole nitrogens is 1. The van der Waals surface area contributed by atoms with Crippen molar-refractivity contribution in [3.05, 3.63) is 54.1 Å². The van der Waals surface area contributed by atoms with Crippen LogP contribution in [0.15, 0.2) is 42.9 Å². The van der Waals surface area contributed by atoms with Gasteiger partial charge in [0.1, 0.15) is 103 Å². The number of benzene rings is 1. The lowest BCUT2D eigenvalue weighted by Crippen LogP contribution is -2.62. The van der Waals surface area contributed by atoms with E-state index in [0.717, 1.165) is 5.56 Å². The van der Waals surface area contributed by atoms with Crippen molar-refractivity contribution in [2.45, 2.75) is 301 Å².